The van der Waals surface area contributed by atoms with Crippen molar-refractivity contribution in [2.75, 3.05) is 0 Å². The van der Waals surface area contributed by atoms with Gasteiger partial charge in [0.15, 0.2) is 0 Å². The molecular weight excluding hydrogens is 136 g/mol. The summed E-state index contributed by atoms with van der Waals surface area (Å²) in [6.07, 6.45) is 0.641. The lowest BCUT2D eigenvalue weighted by Gasteiger charge is -1.86. The van der Waals surface area contributed by atoms with E-state index in [-0.39, 0.29) is 13.0 Å². The summed E-state index contributed by atoms with van der Waals surface area (Å²) < 4.78 is 0. The Morgan fingerprint density at radius 2 is 1.70 bits per heavy atom. The van der Waals surface area contributed by atoms with Crippen molar-refractivity contribution in [2.45, 2.75) is 14.4 Å². The van der Waals surface area contributed by atoms with E-state index in [9.17, 15) is 9.59 Å². The second-order valence-corrected chi connectivity index (χ2v) is 1.47. The molecule has 0 aliphatic heterocycles. The Balaban J connectivity index is 0. The van der Waals surface area contributed by atoms with Gasteiger partial charge in [0, 0.05) is 11.6 Å². The fourth-order valence-corrected chi connectivity index (χ4v) is 0.247. The maximum Gasteiger partial charge on any atom is 0.331 e. The lowest BCUT2D eigenvalue weighted by Crippen LogP contribution is -1.99. The molecule has 2 N–H and O–H groups in total. The number of carbonyl (C=O) groups is 2. The van der Waals surface area contributed by atoms with Crippen molar-refractivity contribution in [1.82, 2.24) is 0 Å². The van der Waals surface area contributed by atoms with E-state index in [1.54, 1.807) is 0 Å². The molecule has 0 rings (SSSR count). The molecule has 0 saturated heterocycles. The largest absolute Gasteiger partial charge is 0.478 e. The van der Waals surface area contributed by atoms with Crippen molar-refractivity contribution in [3.05, 3.63) is 11.6 Å². The van der Waals surface area contributed by atoms with Gasteiger partial charge in [0.25, 0.3) is 0 Å². The van der Waals surface area contributed by atoms with Crippen LogP contribution in [0.4, 0.5) is 0 Å². The Kier molecular flexibility index (Phi) is 5.22. The Morgan fingerprint density at radius 3 is 1.80 bits per heavy atom. The number of aliphatic carboxylic acids is 2. The molecule has 0 aliphatic rings. The number of hydrogen-bond donors (Lipinski definition) is 2. The van der Waals surface area contributed by atoms with E-state index >= 15 is 0 Å². The summed E-state index contributed by atoms with van der Waals surface area (Å²) in [7, 11) is 0. The van der Waals surface area contributed by atoms with E-state index in [2.05, 4.69) is 0 Å². The molecular formula is C6H10O4. The molecule has 0 aromatic rings. The monoisotopic (exact) mass is 146 g/mol. The molecule has 0 aromatic carbocycles. The van der Waals surface area contributed by atoms with Gasteiger partial charge in [-0.3, -0.25) is 0 Å². The number of hydrogen-bond acceptors (Lipinski definition) is 2. The van der Waals surface area contributed by atoms with Crippen molar-refractivity contribution in [2.24, 2.45) is 0 Å². The number of carboxylic acid groups (broad SMARTS) is 2. The predicted octanol–water partition coefficient (Wildman–Crippen LogP) is 0.738. The lowest BCUT2D eigenvalue weighted by atomic mass is 10.3. The second kappa shape index (κ2) is 4.55. The van der Waals surface area contributed by atoms with E-state index < -0.39 is 11.9 Å². The Hall–Kier alpha value is -1.32. The third kappa shape index (κ3) is 4.83. The van der Waals surface area contributed by atoms with Gasteiger partial charge in [-0.05, 0) is 6.92 Å². The molecule has 0 amide bonds. The standard InChI is InChI=1S/C5H6O4.CH4/c1-3(5(8)9)2-4(6)7;/h2H,1H3,(H,6,7)(H,8,9);1H4/b3-2-;. The van der Waals surface area contributed by atoms with Crippen molar-refractivity contribution in [3.63, 3.8) is 0 Å². The van der Waals surface area contributed by atoms with E-state index in [1.165, 1.54) is 6.92 Å². The number of rotatable bonds is 2. The van der Waals surface area contributed by atoms with Gasteiger partial charge in [0.05, 0.1) is 0 Å². The quantitative estimate of drug-likeness (QED) is 0.563. The molecule has 0 heterocycles. The molecule has 4 nitrogen and oxygen atoms in total. The molecule has 0 spiro atoms. The molecule has 0 radical (unpaired) electrons. The summed E-state index contributed by atoms with van der Waals surface area (Å²) in [6.45, 7) is 1.22. The zero-order chi connectivity index (χ0) is 7.44. The van der Waals surface area contributed by atoms with Gasteiger partial charge < -0.3 is 10.2 Å². The third-order valence-corrected chi connectivity index (χ3v) is 0.677. The first kappa shape index (κ1) is 11.5. The number of carboxylic acids is 2. The molecule has 10 heavy (non-hydrogen) atoms. The van der Waals surface area contributed by atoms with Gasteiger partial charge in [0.1, 0.15) is 0 Å². The summed E-state index contributed by atoms with van der Waals surface area (Å²) in [5, 5.41) is 16.1. The van der Waals surface area contributed by atoms with Crippen molar-refractivity contribution in [1.29, 1.82) is 0 Å². The summed E-state index contributed by atoms with van der Waals surface area (Å²) >= 11 is 0. The minimum atomic E-state index is -1.24. The fourth-order valence-electron chi connectivity index (χ4n) is 0.247. The molecule has 0 atom stereocenters. The average molecular weight is 146 g/mol. The Labute approximate surface area is 58.8 Å². The van der Waals surface area contributed by atoms with Crippen molar-refractivity contribution >= 4 is 11.9 Å². The predicted molar refractivity (Wildman–Crippen MR) is 35.8 cm³/mol. The minimum Gasteiger partial charge on any atom is -0.478 e. The first-order chi connectivity index (χ1) is 4.04. The fraction of sp³-hybridized carbons (Fsp3) is 0.333. The molecule has 0 aromatic heterocycles. The second-order valence-electron chi connectivity index (χ2n) is 1.47. The maximum atomic E-state index is 9.90. The molecule has 0 saturated carbocycles. The van der Waals surface area contributed by atoms with Crippen LogP contribution in [0, 0.1) is 0 Å². The summed E-state index contributed by atoms with van der Waals surface area (Å²) in [4.78, 5) is 19.7. The summed E-state index contributed by atoms with van der Waals surface area (Å²) in [5.41, 5.74) is -0.178. The first-order valence-electron chi connectivity index (χ1n) is 2.18. The maximum absolute atomic E-state index is 9.90. The van der Waals surface area contributed by atoms with Crippen LogP contribution < -0.4 is 0 Å². The van der Waals surface area contributed by atoms with Crippen LogP contribution in [0.3, 0.4) is 0 Å². The Bertz CT molecular complexity index is 169. The smallest absolute Gasteiger partial charge is 0.331 e. The highest BCUT2D eigenvalue weighted by atomic mass is 16.4. The highest BCUT2D eigenvalue weighted by Gasteiger charge is 2.00. The normalized spacial score (nSPS) is 9.90. The zero-order valence-electron chi connectivity index (χ0n) is 4.79. The van der Waals surface area contributed by atoms with Gasteiger partial charge in [-0.25, -0.2) is 9.59 Å². The third-order valence-electron chi connectivity index (χ3n) is 0.677. The van der Waals surface area contributed by atoms with E-state index in [1.807, 2.05) is 0 Å². The molecule has 0 bridgehead atoms. The lowest BCUT2D eigenvalue weighted by molar-refractivity contribution is -0.135. The molecule has 0 unspecified atom stereocenters. The molecule has 0 aliphatic carbocycles. The zero-order valence-corrected chi connectivity index (χ0v) is 4.79. The van der Waals surface area contributed by atoms with E-state index in [0.29, 0.717) is 6.08 Å². The first-order valence-corrected chi connectivity index (χ1v) is 2.18. The van der Waals surface area contributed by atoms with Gasteiger partial charge in [-0.15, -0.1) is 0 Å². The van der Waals surface area contributed by atoms with E-state index in [4.69, 9.17) is 10.2 Å². The highest BCUT2D eigenvalue weighted by Crippen LogP contribution is 1.89. The topological polar surface area (TPSA) is 74.6 Å². The summed E-state index contributed by atoms with van der Waals surface area (Å²) in [5.74, 6) is -2.45. The van der Waals surface area contributed by atoms with Crippen molar-refractivity contribution in [3.8, 4) is 0 Å². The van der Waals surface area contributed by atoms with Crippen LogP contribution >= 0.6 is 0 Å². The SMILES string of the molecule is C.C/C(=C/C(=O)O)C(=O)O. The van der Waals surface area contributed by atoms with Gasteiger partial charge in [-0.2, -0.15) is 0 Å². The van der Waals surface area contributed by atoms with E-state index in [0.717, 1.165) is 0 Å². The minimum absolute atomic E-state index is 0. The van der Waals surface area contributed by atoms with Crippen LogP contribution in [0.25, 0.3) is 0 Å². The van der Waals surface area contributed by atoms with Crippen molar-refractivity contribution < 1.29 is 19.8 Å². The van der Waals surface area contributed by atoms with Gasteiger partial charge in [-0.1, -0.05) is 7.43 Å². The van der Waals surface area contributed by atoms with Crippen LogP contribution in [0.5, 0.6) is 0 Å². The van der Waals surface area contributed by atoms with Crippen LogP contribution in [0.2, 0.25) is 0 Å². The highest BCUT2D eigenvalue weighted by molar-refractivity contribution is 5.93. The van der Waals surface area contributed by atoms with Crippen LogP contribution in [0.1, 0.15) is 14.4 Å². The molecule has 4 heteroatoms. The van der Waals surface area contributed by atoms with Gasteiger partial charge >= 0.3 is 11.9 Å². The molecule has 58 valence electrons. The molecule has 0 fully saturated rings. The average Bonchev–Trinajstić information content (AvgIpc) is 1.63. The van der Waals surface area contributed by atoms with Crippen LogP contribution in [-0.2, 0) is 9.59 Å². The summed E-state index contributed by atoms with van der Waals surface area (Å²) in [6, 6.07) is 0. The van der Waals surface area contributed by atoms with Gasteiger partial charge in [0.2, 0.25) is 0 Å². The van der Waals surface area contributed by atoms with Crippen LogP contribution in [0.15, 0.2) is 11.6 Å². The van der Waals surface area contributed by atoms with Crippen LogP contribution in [-0.4, -0.2) is 22.2 Å². The Morgan fingerprint density at radius 1 is 1.30 bits per heavy atom.